The van der Waals surface area contributed by atoms with E-state index in [0.717, 1.165) is 37.5 Å². The summed E-state index contributed by atoms with van der Waals surface area (Å²) in [5.41, 5.74) is 0.623. The molecule has 0 saturated heterocycles. The molecule has 110 valence electrons. The maximum Gasteiger partial charge on any atom is 0.267 e. The highest BCUT2D eigenvalue weighted by molar-refractivity contribution is 5.92. The van der Waals surface area contributed by atoms with Gasteiger partial charge in [-0.25, -0.2) is 0 Å². The van der Waals surface area contributed by atoms with E-state index in [4.69, 9.17) is 0 Å². The van der Waals surface area contributed by atoms with Gasteiger partial charge in [0.05, 0.1) is 0 Å². The Balaban J connectivity index is 1.43. The van der Waals surface area contributed by atoms with Crippen LogP contribution in [0, 0.1) is 0 Å². The standard InChI is InChI=1S/C15H19N5O/c21-15(12-2-1-8-16-12)17-11-5-6-13-18-19-14(10-3-4-10)20(13)9-7-11/h1-2,8,10-11,16H,3-7,9H2,(H,17,21). The number of nitrogens with one attached hydrogen (secondary N) is 2. The average Bonchev–Trinajstić information content (AvgIpc) is 3.09. The molecule has 0 spiro atoms. The van der Waals surface area contributed by atoms with Crippen molar-refractivity contribution in [1.29, 1.82) is 0 Å². The van der Waals surface area contributed by atoms with Gasteiger partial charge in [-0.15, -0.1) is 10.2 Å². The Bertz CT molecular complexity index is 641. The fraction of sp³-hybridized carbons (Fsp3) is 0.533. The minimum Gasteiger partial charge on any atom is -0.357 e. The molecule has 1 unspecified atom stereocenters. The highest BCUT2D eigenvalue weighted by Crippen LogP contribution is 2.39. The van der Waals surface area contributed by atoms with Gasteiger partial charge in [0, 0.05) is 31.1 Å². The molecule has 2 aliphatic rings. The summed E-state index contributed by atoms with van der Waals surface area (Å²) in [6.45, 7) is 0.907. The van der Waals surface area contributed by atoms with Gasteiger partial charge < -0.3 is 14.9 Å². The van der Waals surface area contributed by atoms with E-state index in [9.17, 15) is 4.79 Å². The number of amides is 1. The molecule has 6 nitrogen and oxygen atoms in total. The van der Waals surface area contributed by atoms with Crippen molar-refractivity contribution >= 4 is 5.91 Å². The number of carbonyl (C=O) groups excluding carboxylic acids is 1. The summed E-state index contributed by atoms with van der Waals surface area (Å²) >= 11 is 0. The van der Waals surface area contributed by atoms with Crippen LogP contribution in [-0.4, -0.2) is 31.7 Å². The summed E-state index contributed by atoms with van der Waals surface area (Å²) in [6.07, 6.45) is 7.00. The average molecular weight is 285 g/mol. The first-order valence-corrected chi connectivity index (χ1v) is 7.67. The Morgan fingerprint density at radius 1 is 1.29 bits per heavy atom. The van der Waals surface area contributed by atoms with E-state index in [1.165, 1.54) is 12.8 Å². The van der Waals surface area contributed by atoms with Crippen LogP contribution in [0.15, 0.2) is 18.3 Å². The number of H-pyrrole nitrogens is 1. The molecule has 2 N–H and O–H groups in total. The summed E-state index contributed by atoms with van der Waals surface area (Å²) in [5, 5.41) is 11.8. The Hall–Kier alpha value is -2.11. The lowest BCUT2D eigenvalue weighted by atomic mass is 10.1. The fourth-order valence-corrected chi connectivity index (χ4v) is 3.03. The van der Waals surface area contributed by atoms with Crippen LogP contribution >= 0.6 is 0 Å². The van der Waals surface area contributed by atoms with Gasteiger partial charge in [-0.2, -0.15) is 0 Å². The quantitative estimate of drug-likeness (QED) is 0.899. The minimum atomic E-state index is -0.0231. The lowest BCUT2D eigenvalue weighted by Crippen LogP contribution is -2.35. The van der Waals surface area contributed by atoms with E-state index in [1.54, 1.807) is 12.3 Å². The van der Waals surface area contributed by atoms with E-state index < -0.39 is 0 Å². The second kappa shape index (κ2) is 5.02. The number of aryl methyl sites for hydroxylation is 1. The van der Waals surface area contributed by atoms with Crippen molar-refractivity contribution in [3.8, 4) is 0 Å². The van der Waals surface area contributed by atoms with Gasteiger partial charge >= 0.3 is 0 Å². The molecule has 0 bridgehead atoms. The first kappa shape index (κ1) is 12.6. The SMILES string of the molecule is O=C(NC1CCc2nnc(C3CC3)n2CC1)c1ccc[nH]1. The van der Waals surface area contributed by atoms with E-state index in [0.29, 0.717) is 11.6 Å². The molecule has 6 heteroatoms. The third kappa shape index (κ3) is 2.46. The summed E-state index contributed by atoms with van der Waals surface area (Å²) < 4.78 is 2.28. The number of aromatic nitrogens is 4. The molecule has 1 amide bonds. The summed E-state index contributed by atoms with van der Waals surface area (Å²) in [6, 6.07) is 3.84. The largest absolute Gasteiger partial charge is 0.357 e. The normalized spacial score (nSPS) is 21.6. The molecular formula is C15H19N5O. The maximum atomic E-state index is 12.1. The van der Waals surface area contributed by atoms with Gasteiger partial charge in [0.2, 0.25) is 0 Å². The molecule has 1 saturated carbocycles. The van der Waals surface area contributed by atoms with Crippen LogP contribution in [0.25, 0.3) is 0 Å². The molecule has 2 aromatic heterocycles. The van der Waals surface area contributed by atoms with Crippen LogP contribution in [0.2, 0.25) is 0 Å². The van der Waals surface area contributed by atoms with Crippen molar-refractivity contribution in [2.75, 3.05) is 0 Å². The summed E-state index contributed by atoms with van der Waals surface area (Å²) in [5.74, 6) is 2.83. The van der Waals surface area contributed by atoms with Crippen molar-refractivity contribution in [2.45, 2.75) is 50.6 Å². The third-order valence-corrected chi connectivity index (χ3v) is 4.39. The highest BCUT2D eigenvalue weighted by atomic mass is 16.1. The summed E-state index contributed by atoms with van der Waals surface area (Å²) in [7, 11) is 0. The van der Waals surface area contributed by atoms with E-state index in [1.807, 2.05) is 6.07 Å². The fourth-order valence-electron chi connectivity index (χ4n) is 3.03. The molecule has 21 heavy (non-hydrogen) atoms. The van der Waals surface area contributed by atoms with Crippen LogP contribution in [0.1, 0.15) is 53.7 Å². The molecule has 1 aliphatic carbocycles. The molecule has 1 aliphatic heterocycles. The molecule has 1 fully saturated rings. The van der Waals surface area contributed by atoms with Gasteiger partial charge in [-0.1, -0.05) is 0 Å². The third-order valence-electron chi connectivity index (χ3n) is 4.39. The number of carbonyl (C=O) groups is 1. The molecule has 2 aromatic rings. The zero-order valence-corrected chi connectivity index (χ0v) is 11.9. The van der Waals surface area contributed by atoms with E-state index in [-0.39, 0.29) is 11.9 Å². The monoisotopic (exact) mass is 285 g/mol. The van der Waals surface area contributed by atoms with Crippen LogP contribution < -0.4 is 5.32 Å². The zero-order valence-electron chi connectivity index (χ0n) is 11.9. The van der Waals surface area contributed by atoms with Crippen LogP contribution in [0.4, 0.5) is 0 Å². The number of fused-ring (bicyclic) bond motifs is 1. The van der Waals surface area contributed by atoms with Gasteiger partial charge in [0.25, 0.3) is 5.91 Å². The zero-order chi connectivity index (χ0) is 14.2. The molecule has 0 aromatic carbocycles. The summed E-state index contributed by atoms with van der Waals surface area (Å²) in [4.78, 5) is 15.1. The molecule has 4 rings (SSSR count). The van der Waals surface area contributed by atoms with Gasteiger partial charge in [-0.05, 0) is 37.8 Å². The minimum absolute atomic E-state index is 0.0231. The van der Waals surface area contributed by atoms with Crippen molar-refractivity contribution in [3.63, 3.8) is 0 Å². The number of hydrogen-bond donors (Lipinski definition) is 2. The number of nitrogens with zero attached hydrogens (tertiary/aromatic N) is 3. The van der Waals surface area contributed by atoms with Crippen LogP contribution in [0.5, 0.6) is 0 Å². The molecule has 0 radical (unpaired) electrons. The Kier molecular flexibility index (Phi) is 3.02. The van der Waals surface area contributed by atoms with Crippen molar-refractivity contribution in [3.05, 3.63) is 35.7 Å². The van der Waals surface area contributed by atoms with E-state index >= 15 is 0 Å². The maximum absolute atomic E-state index is 12.1. The first-order chi connectivity index (χ1) is 10.3. The predicted molar refractivity (Wildman–Crippen MR) is 77.0 cm³/mol. The first-order valence-electron chi connectivity index (χ1n) is 7.67. The number of aromatic amines is 1. The Labute approximate surface area is 123 Å². The number of rotatable bonds is 3. The Morgan fingerprint density at radius 3 is 2.95 bits per heavy atom. The second-order valence-electron chi connectivity index (χ2n) is 5.98. The van der Waals surface area contributed by atoms with E-state index in [2.05, 4.69) is 25.1 Å². The molecule has 3 heterocycles. The topological polar surface area (TPSA) is 75.6 Å². The predicted octanol–water partition coefficient (Wildman–Crippen LogP) is 1.62. The van der Waals surface area contributed by atoms with Crippen LogP contribution in [-0.2, 0) is 13.0 Å². The Morgan fingerprint density at radius 2 is 2.19 bits per heavy atom. The molecule has 1 atom stereocenters. The van der Waals surface area contributed by atoms with Gasteiger partial charge in [0.1, 0.15) is 17.3 Å². The lowest BCUT2D eigenvalue weighted by Gasteiger charge is -2.15. The smallest absolute Gasteiger partial charge is 0.267 e. The van der Waals surface area contributed by atoms with Crippen molar-refractivity contribution in [1.82, 2.24) is 25.1 Å². The second-order valence-corrected chi connectivity index (χ2v) is 5.98. The van der Waals surface area contributed by atoms with Gasteiger partial charge in [-0.3, -0.25) is 4.79 Å². The molecular weight excluding hydrogens is 266 g/mol. The lowest BCUT2D eigenvalue weighted by molar-refractivity contribution is 0.0928. The van der Waals surface area contributed by atoms with Gasteiger partial charge in [0.15, 0.2) is 0 Å². The highest BCUT2D eigenvalue weighted by Gasteiger charge is 2.31. The van der Waals surface area contributed by atoms with Crippen LogP contribution in [0.3, 0.4) is 0 Å². The number of hydrogen-bond acceptors (Lipinski definition) is 3. The van der Waals surface area contributed by atoms with Crippen molar-refractivity contribution < 1.29 is 4.79 Å². The van der Waals surface area contributed by atoms with Crippen molar-refractivity contribution in [2.24, 2.45) is 0 Å².